The van der Waals surface area contributed by atoms with Crippen molar-refractivity contribution in [1.82, 2.24) is 4.98 Å². The van der Waals surface area contributed by atoms with Crippen LogP contribution >= 0.6 is 0 Å². The van der Waals surface area contributed by atoms with Gasteiger partial charge in [-0.1, -0.05) is 30.3 Å². The second kappa shape index (κ2) is 5.21. The summed E-state index contributed by atoms with van der Waals surface area (Å²) in [5, 5.41) is 0.927. The molecular weight excluding hydrogens is 248 g/mol. The Morgan fingerprint density at radius 2 is 1.85 bits per heavy atom. The van der Waals surface area contributed by atoms with Gasteiger partial charge in [-0.15, -0.1) is 0 Å². The minimum absolute atomic E-state index is 0.640. The van der Waals surface area contributed by atoms with Gasteiger partial charge in [0.25, 0.3) is 0 Å². The molecule has 3 rings (SSSR count). The van der Waals surface area contributed by atoms with Crippen LogP contribution in [0.15, 0.2) is 54.6 Å². The topological polar surface area (TPSA) is 48.1 Å². The average Bonchev–Trinajstić information content (AvgIpc) is 2.49. The molecule has 2 N–H and O–H groups in total. The van der Waals surface area contributed by atoms with Crippen LogP contribution < -0.4 is 10.5 Å². The molecule has 3 nitrogen and oxygen atoms in total. The van der Waals surface area contributed by atoms with Crippen molar-refractivity contribution in [2.24, 2.45) is 0 Å². The highest BCUT2D eigenvalue weighted by atomic mass is 16.5. The minimum Gasteiger partial charge on any atom is -0.494 e. The van der Waals surface area contributed by atoms with Gasteiger partial charge in [-0.3, -0.25) is 0 Å². The van der Waals surface area contributed by atoms with Gasteiger partial charge >= 0.3 is 0 Å². The maximum Gasteiger partial charge on any atom is 0.120 e. The summed E-state index contributed by atoms with van der Waals surface area (Å²) in [6, 6.07) is 17.8. The van der Waals surface area contributed by atoms with E-state index < -0.39 is 0 Å². The van der Waals surface area contributed by atoms with Crippen LogP contribution in [0.2, 0.25) is 0 Å². The van der Waals surface area contributed by atoms with Gasteiger partial charge < -0.3 is 10.5 Å². The normalized spacial score (nSPS) is 10.7. The van der Waals surface area contributed by atoms with Gasteiger partial charge in [0.1, 0.15) is 5.75 Å². The fraction of sp³-hybridized carbons (Fsp3) is 0.118. The maximum absolute atomic E-state index is 6.16. The van der Waals surface area contributed by atoms with E-state index in [1.54, 1.807) is 0 Å². The largest absolute Gasteiger partial charge is 0.494 e. The van der Waals surface area contributed by atoms with E-state index in [1.807, 2.05) is 61.5 Å². The maximum atomic E-state index is 6.16. The Labute approximate surface area is 118 Å². The monoisotopic (exact) mass is 264 g/mol. The fourth-order valence-electron chi connectivity index (χ4n) is 2.24. The molecule has 0 fully saturated rings. The van der Waals surface area contributed by atoms with Gasteiger partial charge in [-0.2, -0.15) is 0 Å². The molecule has 0 saturated heterocycles. The number of hydrogen-bond acceptors (Lipinski definition) is 3. The van der Waals surface area contributed by atoms with E-state index in [-0.39, 0.29) is 0 Å². The summed E-state index contributed by atoms with van der Waals surface area (Å²) in [6.45, 7) is 2.60. The van der Waals surface area contributed by atoms with Crippen molar-refractivity contribution in [3.05, 3.63) is 54.6 Å². The zero-order valence-corrected chi connectivity index (χ0v) is 11.3. The van der Waals surface area contributed by atoms with Crippen molar-refractivity contribution < 1.29 is 4.74 Å². The summed E-state index contributed by atoms with van der Waals surface area (Å²) in [7, 11) is 0. The van der Waals surface area contributed by atoms with Crippen molar-refractivity contribution >= 4 is 16.6 Å². The number of hydrogen-bond donors (Lipinski definition) is 1. The van der Waals surface area contributed by atoms with E-state index in [0.29, 0.717) is 6.61 Å². The molecule has 0 unspecified atom stereocenters. The smallest absolute Gasteiger partial charge is 0.120 e. The third-order valence-corrected chi connectivity index (χ3v) is 3.19. The Morgan fingerprint density at radius 3 is 2.60 bits per heavy atom. The summed E-state index contributed by atoms with van der Waals surface area (Å²) in [6.07, 6.45) is 0. The lowest BCUT2D eigenvalue weighted by Crippen LogP contribution is -1.95. The van der Waals surface area contributed by atoms with E-state index in [0.717, 1.165) is 33.6 Å². The number of benzene rings is 2. The van der Waals surface area contributed by atoms with Crippen molar-refractivity contribution in [3.63, 3.8) is 0 Å². The predicted molar refractivity (Wildman–Crippen MR) is 82.8 cm³/mol. The molecule has 0 aliphatic heterocycles. The zero-order chi connectivity index (χ0) is 13.9. The molecule has 0 radical (unpaired) electrons. The highest BCUT2D eigenvalue weighted by Crippen LogP contribution is 2.28. The second-order valence-corrected chi connectivity index (χ2v) is 4.57. The van der Waals surface area contributed by atoms with E-state index >= 15 is 0 Å². The molecule has 1 aromatic heterocycles. The number of aromatic nitrogens is 1. The molecule has 0 spiro atoms. The predicted octanol–water partition coefficient (Wildman–Crippen LogP) is 3.88. The number of nitrogen functional groups attached to an aromatic ring is 1. The SMILES string of the molecule is CCOc1ccc2nc(-c3ccccc3)cc(N)c2c1. The third kappa shape index (κ3) is 2.30. The number of nitrogens with zero attached hydrogens (tertiary/aromatic N) is 1. The Bertz CT molecular complexity index is 739. The number of pyridine rings is 1. The Balaban J connectivity index is 2.13. The van der Waals surface area contributed by atoms with Gasteiger partial charge in [0.15, 0.2) is 0 Å². The molecule has 0 saturated carbocycles. The first-order valence-corrected chi connectivity index (χ1v) is 6.66. The van der Waals surface area contributed by atoms with Crippen molar-refractivity contribution in [2.45, 2.75) is 6.92 Å². The number of nitrogens with two attached hydrogens (primary N) is 1. The number of rotatable bonds is 3. The van der Waals surface area contributed by atoms with Gasteiger partial charge in [-0.25, -0.2) is 4.98 Å². The van der Waals surface area contributed by atoms with Gasteiger partial charge in [0, 0.05) is 16.6 Å². The number of anilines is 1. The molecule has 100 valence electrons. The second-order valence-electron chi connectivity index (χ2n) is 4.57. The first-order valence-electron chi connectivity index (χ1n) is 6.66. The van der Waals surface area contributed by atoms with Crippen LogP contribution in [-0.2, 0) is 0 Å². The van der Waals surface area contributed by atoms with Crippen LogP contribution in [0.25, 0.3) is 22.2 Å². The van der Waals surface area contributed by atoms with E-state index in [2.05, 4.69) is 4.98 Å². The standard InChI is InChI=1S/C17H16N2O/c1-2-20-13-8-9-16-14(10-13)15(18)11-17(19-16)12-6-4-3-5-7-12/h3-11H,2H2,1H3,(H2,18,19). The number of ether oxygens (including phenoxy) is 1. The molecule has 0 bridgehead atoms. The molecule has 1 heterocycles. The van der Waals surface area contributed by atoms with Gasteiger partial charge in [0.2, 0.25) is 0 Å². The Morgan fingerprint density at radius 1 is 1.05 bits per heavy atom. The van der Waals surface area contributed by atoms with Crippen molar-refractivity contribution in [2.75, 3.05) is 12.3 Å². The van der Waals surface area contributed by atoms with Crippen molar-refractivity contribution in [3.8, 4) is 17.0 Å². The van der Waals surface area contributed by atoms with Gasteiger partial charge in [-0.05, 0) is 31.2 Å². The van der Waals surface area contributed by atoms with Crippen LogP contribution in [0.1, 0.15) is 6.92 Å². The molecule has 3 aromatic rings. The van der Waals surface area contributed by atoms with Crippen LogP contribution in [0.3, 0.4) is 0 Å². The third-order valence-electron chi connectivity index (χ3n) is 3.19. The van der Waals surface area contributed by atoms with Crippen molar-refractivity contribution in [1.29, 1.82) is 0 Å². The van der Waals surface area contributed by atoms with Crippen LogP contribution in [0, 0.1) is 0 Å². The minimum atomic E-state index is 0.640. The lowest BCUT2D eigenvalue weighted by Gasteiger charge is -2.09. The molecule has 2 aromatic carbocycles. The van der Waals surface area contributed by atoms with E-state index in [1.165, 1.54) is 0 Å². The molecule has 0 amide bonds. The van der Waals surface area contributed by atoms with Crippen LogP contribution in [0.4, 0.5) is 5.69 Å². The van der Waals surface area contributed by atoms with E-state index in [4.69, 9.17) is 10.5 Å². The van der Waals surface area contributed by atoms with Gasteiger partial charge in [0.05, 0.1) is 17.8 Å². The van der Waals surface area contributed by atoms with Crippen LogP contribution in [-0.4, -0.2) is 11.6 Å². The molecule has 0 atom stereocenters. The lowest BCUT2D eigenvalue weighted by atomic mass is 10.1. The Kier molecular flexibility index (Phi) is 3.25. The first kappa shape index (κ1) is 12.5. The zero-order valence-electron chi connectivity index (χ0n) is 11.3. The molecule has 0 aliphatic rings. The highest BCUT2D eigenvalue weighted by Gasteiger charge is 2.06. The first-order chi connectivity index (χ1) is 9.78. The summed E-state index contributed by atoms with van der Waals surface area (Å²) in [5.74, 6) is 0.820. The molecular formula is C17H16N2O. The fourth-order valence-corrected chi connectivity index (χ4v) is 2.24. The lowest BCUT2D eigenvalue weighted by molar-refractivity contribution is 0.340. The van der Waals surface area contributed by atoms with Crippen LogP contribution in [0.5, 0.6) is 5.75 Å². The summed E-state index contributed by atoms with van der Waals surface area (Å²) in [5.41, 5.74) is 9.72. The molecule has 3 heteroatoms. The highest BCUT2D eigenvalue weighted by molar-refractivity contribution is 5.93. The quantitative estimate of drug-likeness (QED) is 0.781. The summed E-state index contributed by atoms with van der Waals surface area (Å²) < 4.78 is 5.50. The molecule has 20 heavy (non-hydrogen) atoms. The Hall–Kier alpha value is -2.55. The average molecular weight is 264 g/mol. The number of fused-ring (bicyclic) bond motifs is 1. The van der Waals surface area contributed by atoms with E-state index in [9.17, 15) is 0 Å². The summed E-state index contributed by atoms with van der Waals surface area (Å²) >= 11 is 0. The summed E-state index contributed by atoms with van der Waals surface area (Å²) in [4.78, 5) is 4.67. The molecule has 0 aliphatic carbocycles.